The van der Waals surface area contributed by atoms with Crippen LogP contribution in [0.15, 0.2) is 24.3 Å². The number of hydrogen-bond donors (Lipinski definition) is 2. The molecule has 1 aliphatic carbocycles. The van der Waals surface area contributed by atoms with E-state index in [1.807, 2.05) is 0 Å². The van der Waals surface area contributed by atoms with Gasteiger partial charge in [-0.2, -0.15) is 0 Å². The van der Waals surface area contributed by atoms with Gasteiger partial charge in [0, 0.05) is 11.6 Å². The van der Waals surface area contributed by atoms with Crippen molar-refractivity contribution in [1.82, 2.24) is 0 Å². The average molecular weight is 221 g/mol. The fourth-order valence-electron chi connectivity index (χ4n) is 1.73. The average Bonchev–Trinajstić information content (AvgIpc) is 2.31. The van der Waals surface area contributed by atoms with Crippen LogP contribution in [0.5, 0.6) is 5.75 Å². The lowest BCUT2D eigenvalue weighted by molar-refractivity contribution is 0.112. The van der Waals surface area contributed by atoms with Crippen LogP contribution < -0.4 is 5.73 Å². The van der Waals surface area contributed by atoms with Crippen LogP contribution in [0.3, 0.4) is 0 Å². The Kier molecular flexibility index (Phi) is 5.57. The summed E-state index contributed by atoms with van der Waals surface area (Å²) < 4.78 is 0. The first-order valence-electron chi connectivity index (χ1n) is 5.72. The standard InChI is InChI=1S/C7H6O2.C6H13N/c8-5-6-2-1-3-7(9)4-6;7-6-4-2-1-3-5-6/h1-5,9H;6H,1-5,7H2. The SMILES string of the molecule is NC1CCCCC1.O=Cc1cccc(O)c1. The Morgan fingerprint density at radius 1 is 1.25 bits per heavy atom. The van der Waals surface area contributed by atoms with E-state index in [4.69, 9.17) is 10.8 Å². The van der Waals surface area contributed by atoms with Gasteiger partial charge >= 0.3 is 0 Å². The van der Waals surface area contributed by atoms with Gasteiger partial charge in [0.2, 0.25) is 0 Å². The maximum atomic E-state index is 10.0. The number of hydrogen-bond acceptors (Lipinski definition) is 3. The van der Waals surface area contributed by atoms with Crippen molar-refractivity contribution in [1.29, 1.82) is 0 Å². The van der Waals surface area contributed by atoms with Gasteiger partial charge in [-0.05, 0) is 25.0 Å². The molecule has 3 heteroatoms. The molecule has 3 nitrogen and oxygen atoms in total. The number of aromatic hydroxyl groups is 1. The Balaban J connectivity index is 0.000000165. The Morgan fingerprint density at radius 2 is 1.94 bits per heavy atom. The van der Waals surface area contributed by atoms with Crippen LogP contribution in [-0.2, 0) is 0 Å². The summed E-state index contributed by atoms with van der Waals surface area (Å²) in [5, 5.41) is 8.79. The van der Waals surface area contributed by atoms with E-state index in [1.54, 1.807) is 12.1 Å². The van der Waals surface area contributed by atoms with Crippen molar-refractivity contribution in [2.45, 2.75) is 38.1 Å². The summed E-state index contributed by atoms with van der Waals surface area (Å²) >= 11 is 0. The van der Waals surface area contributed by atoms with Crippen molar-refractivity contribution < 1.29 is 9.90 Å². The molecule has 0 aromatic heterocycles. The van der Waals surface area contributed by atoms with Gasteiger partial charge in [-0.15, -0.1) is 0 Å². The minimum Gasteiger partial charge on any atom is -0.508 e. The van der Waals surface area contributed by atoms with Gasteiger partial charge in [0.15, 0.2) is 0 Å². The highest BCUT2D eigenvalue weighted by atomic mass is 16.3. The van der Waals surface area contributed by atoms with Crippen LogP contribution in [0, 0.1) is 0 Å². The van der Waals surface area contributed by atoms with E-state index in [0.29, 0.717) is 17.9 Å². The van der Waals surface area contributed by atoms with Crippen LogP contribution in [-0.4, -0.2) is 17.4 Å². The Morgan fingerprint density at radius 3 is 2.31 bits per heavy atom. The first-order chi connectivity index (χ1) is 7.72. The fourth-order valence-corrected chi connectivity index (χ4v) is 1.73. The Labute approximate surface area is 96.3 Å². The molecule has 88 valence electrons. The molecule has 0 atom stereocenters. The van der Waals surface area contributed by atoms with Gasteiger partial charge in [0.25, 0.3) is 0 Å². The zero-order valence-electron chi connectivity index (χ0n) is 9.43. The van der Waals surface area contributed by atoms with Crippen LogP contribution >= 0.6 is 0 Å². The normalized spacial score (nSPS) is 16.1. The lowest BCUT2D eigenvalue weighted by Crippen LogP contribution is -2.22. The number of carbonyl (C=O) groups is 1. The summed E-state index contributed by atoms with van der Waals surface area (Å²) in [7, 11) is 0. The van der Waals surface area contributed by atoms with E-state index in [1.165, 1.54) is 44.2 Å². The first kappa shape index (κ1) is 12.7. The third-order valence-electron chi connectivity index (χ3n) is 2.66. The molecule has 0 aliphatic heterocycles. The quantitative estimate of drug-likeness (QED) is 0.716. The summed E-state index contributed by atoms with van der Waals surface area (Å²) in [6.45, 7) is 0. The second-order valence-electron chi connectivity index (χ2n) is 4.11. The zero-order valence-corrected chi connectivity index (χ0v) is 9.43. The van der Waals surface area contributed by atoms with Crippen molar-refractivity contribution in [3.63, 3.8) is 0 Å². The molecular formula is C13H19NO2. The summed E-state index contributed by atoms with van der Waals surface area (Å²) in [5.41, 5.74) is 6.13. The maximum absolute atomic E-state index is 10.0. The highest BCUT2D eigenvalue weighted by molar-refractivity contribution is 5.75. The lowest BCUT2D eigenvalue weighted by atomic mass is 9.97. The topological polar surface area (TPSA) is 63.3 Å². The molecular weight excluding hydrogens is 202 g/mol. The summed E-state index contributed by atoms with van der Waals surface area (Å²) in [6, 6.07) is 6.72. The molecule has 0 spiro atoms. The predicted octanol–water partition coefficient (Wildman–Crippen LogP) is 2.48. The van der Waals surface area contributed by atoms with Crippen LogP contribution in [0.25, 0.3) is 0 Å². The number of nitrogens with two attached hydrogens (primary N) is 1. The molecule has 0 bridgehead atoms. The van der Waals surface area contributed by atoms with Crippen molar-refractivity contribution in [2.24, 2.45) is 5.73 Å². The van der Waals surface area contributed by atoms with E-state index in [-0.39, 0.29) is 5.75 Å². The number of benzene rings is 1. The molecule has 3 N–H and O–H groups in total. The minimum atomic E-state index is 0.125. The third-order valence-corrected chi connectivity index (χ3v) is 2.66. The maximum Gasteiger partial charge on any atom is 0.150 e. The largest absolute Gasteiger partial charge is 0.508 e. The second-order valence-corrected chi connectivity index (χ2v) is 4.11. The summed E-state index contributed by atoms with van der Waals surface area (Å²) in [5.74, 6) is 0.125. The number of phenolic OH excluding ortho intramolecular Hbond substituents is 1. The highest BCUT2D eigenvalue weighted by Crippen LogP contribution is 2.14. The number of aldehydes is 1. The predicted molar refractivity (Wildman–Crippen MR) is 64.6 cm³/mol. The van der Waals surface area contributed by atoms with Crippen molar-refractivity contribution >= 4 is 6.29 Å². The van der Waals surface area contributed by atoms with Crippen LogP contribution in [0.4, 0.5) is 0 Å². The lowest BCUT2D eigenvalue weighted by Gasteiger charge is -2.15. The molecule has 1 fully saturated rings. The molecule has 0 heterocycles. The van der Waals surface area contributed by atoms with E-state index < -0.39 is 0 Å². The van der Waals surface area contributed by atoms with E-state index in [9.17, 15) is 4.79 Å². The molecule has 1 saturated carbocycles. The van der Waals surface area contributed by atoms with Gasteiger partial charge in [-0.25, -0.2) is 0 Å². The van der Waals surface area contributed by atoms with E-state index in [2.05, 4.69) is 0 Å². The molecule has 16 heavy (non-hydrogen) atoms. The van der Waals surface area contributed by atoms with Crippen molar-refractivity contribution in [3.8, 4) is 5.75 Å². The summed E-state index contributed by atoms with van der Waals surface area (Å²) in [6.07, 6.45) is 7.36. The van der Waals surface area contributed by atoms with Crippen LogP contribution in [0.1, 0.15) is 42.5 Å². The van der Waals surface area contributed by atoms with Gasteiger partial charge in [-0.1, -0.05) is 31.4 Å². The second kappa shape index (κ2) is 7.01. The fraction of sp³-hybridized carbons (Fsp3) is 0.462. The molecule has 1 aliphatic rings. The molecule has 1 aromatic carbocycles. The minimum absolute atomic E-state index is 0.125. The smallest absolute Gasteiger partial charge is 0.150 e. The molecule has 0 saturated heterocycles. The molecule has 0 amide bonds. The number of rotatable bonds is 1. The molecule has 2 rings (SSSR count). The van der Waals surface area contributed by atoms with E-state index >= 15 is 0 Å². The molecule has 1 aromatic rings. The van der Waals surface area contributed by atoms with Crippen LogP contribution in [0.2, 0.25) is 0 Å². The van der Waals surface area contributed by atoms with Crippen molar-refractivity contribution in [2.75, 3.05) is 0 Å². The summed E-state index contributed by atoms with van der Waals surface area (Å²) in [4.78, 5) is 10.0. The monoisotopic (exact) mass is 221 g/mol. The van der Waals surface area contributed by atoms with Crippen molar-refractivity contribution in [3.05, 3.63) is 29.8 Å². The van der Waals surface area contributed by atoms with Gasteiger partial charge in [0.1, 0.15) is 12.0 Å². The highest BCUT2D eigenvalue weighted by Gasteiger charge is 2.06. The third kappa shape index (κ3) is 4.94. The van der Waals surface area contributed by atoms with Gasteiger partial charge < -0.3 is 10.8 Å². The molecule has 0 radical (unpaired) electrons. The number of phenols is 1. The van der Waals surface area contributed by atoms with Gasteiger partial charge in [-0.3, -0.25) is 4.79 Å². The first-order valence-corrected chi connectivity index (χ1v) is 5.72. The van der Waals surface area contributed by atoms with E-state index in [0.717, 1.165) is 0 Å². The Bertz CT molecular complexity index is 319. The zero-order chi connectivity index (χ0) is 11.8. The van der Waals surface area contributed by atoms with Gasteiger partial charge in [0.05, 0.1) is 0 Å². The Hall–Kier alpha value is -1.35. The number of carbonyl (C=O) groups excluding carboxylic acids is 1. The molecule has 0 unspecified atom stereocenters.